The van der Waals surface area contributed by atoms with E-state index in [4.69, 9.17) is 4.74 Å². The van der Waals surface area contributed by atoms with Crippen molar-refractivity contribution in [2.75, 3.05) is 31.6 Å². The lowest BCUT2D eigenvalue weighted by Crippen LogP contribution is -2.37. The standard InChI is InChI=1S/C21H36N4O2.HI/c1-5-17(4)20(26)25-19-12-10-11-18(15-19)16-24-21(22-6-2)23-13-8-9-14-27-7-3;/h10-12,15,17H,5-9,13-14,16H2,1-4H3,(H,25,26)(H2,22,23,24);1H. The molecule has 0 spiro atoms. The van der Waals surface area contributed by atoms with Gasteiger partial charge in [-0.05, 0) is 50.8 Å². The van der Waals surface area contributed by atoms with Crippen LogP contribution in [0, 0.1) is 5.92 Å². The fourth-order valence-corrected chi connectivity index (χ4v) is 2.39. The van der Waals surface area contributed by atoms with Gasteiger partial charge in [-0.1, -0.05) is 26.0 Å². The number of hydrogen-bond donors (Lipinski definition) is 3. The normalized spacial score (nSPS) is 12.1. The van der Waals surface area contributed by atoms with E-state index in [-0.39, 0.29) is 35.8 Å². The molecule has 1 aromatic rings. The number of aliphatic imine (C=N–C) groups is 1. The number of nitrogens with one attached hydrogen (secondary N) is 3. The molecule has 1 atom stereocenters. The number of unbranched alkanes of at least 4 members (excludes halogenated alkanes) is 1. The molecule has 0 radical (unpaired) electrons. The lowest BCUT2D eigenvalue weighted by Gasteiger charge is -2.12. The smallest absolute Gasteiger partial charge is 0.227 e. The summed E-state index contributed by atoms with van der Waals surface area (Å²) in [5.74, 6) is 0.877. The first kappa shape index (κ1) is 26.6. The Morgan fingerprint density at radius 2 is 1.96 bits per heavy atom. The summed E-state index contributed by atoms with van der Waals surface area (Å²) in [7, 11) is 0. The number of ether oxygens (including phenoxy) is 1. The molecule has 1 aromatic carbocycles. The summed E-state index contributed by atoms with van der Waals surface area (Å²) >= 11 is 0. The number of nitrogens with zero attached hydrogens (tertiary/aromatic N) is 1. The highest BCUT2D eigenvalue weighted by atomic mass is 127. The Morgan fingerprint density at radius 1 is 1.18 bits per heavy atom. The summed E-state index contributed by atoms with van der Waals surface area (Å²) in [6.07, 6.45) is 2.91. The monoisotopic (exact) mass is 504 g/mol. The first-order valence-electron chi connectivity index (χ1n) is 10.1. The highest BCUT2D eigenvalue weighted by Crippen LogP contribution is 2.13. The van der Waals surface area contributed by atoms with Crippen molar-refractivity contribution >= 4 is 41.5 Å². The number of benzene rings is 1. The van der Waals surface area contributed by atoms with Crippen molar-refractivity contribution in [3.05, 3.63) is 29.8 Å². The second-order valence-corrected chi connectivity index (χ2v) is 6.52. The molecule has 3 N–H and O–H groups in total. The topological polar surface area (TPSA) is 74.8 Å². The van der Waals surface area contributed by atoms with Crippen LogP contribution >= 0.6 is 24.0 Å². The summed E-state index contributed by atoms with van der Waals surface area (Å²) in [5, 5.41) is 9.59. The summed E-state index contributed by atoms with van der Waals surface area (Å²) in [5.41, 5.74) is 1.88. The van der Waals surface area contributed by atoms with E-state index < -0.39 is 0 Å². The van der Waals surface area contributed by atoms with Gasteiger partial charge in [-0.25, -0.2) is 4.99 Å². The van der Waals surface area contributed by atoms with Crippen molar-refractivity contribution in [1.29, 1.82) is 0 Å². The fourth-order valence-electron chi connectivity index (χ4n) is 2.39. The molecule has 0 aliphatic carbocycles. The molecule has 0 heterocycles. The molecular formula is C21H37IN4O2. The Labute approximate surface area is 187 Å². The van der Waals surface area contributed by atoms with Crippen molar-refractivity contribution in [3.8, 4) is 0 Å². The minimum atomic E-state index is 0. The molecular weight excluding hydrogens is 467 g/mol. The van der Waals surface area contributed by atoms with Crippen LogP contribution in [0.2, 0.25) is 0 Å². The Balaban J connectivity index is 0.00000729. The van der Waals surface area contributed by atoms with E-state index in [1.165, 1.54) is 0 Å². The summed E-state index contributed by atoms with van der Waals surface area (Å²) < 4.78 is 5.35. The number of anilines is 1. The zero-order valence-electron chi connectivity index (χ0n) is 17.7. The van der Waals surface area contributed by atoms with Crippen LogP contribution in [0.15, 0.2) is 29.3 Å². The summed E-state index contributed by atoms with van der Waals surface area (Å²) in [6.45, 7) is 11.8. The number of halogens is 1. The van der Waals surface area contributed by atoms with Crippen molar-refractivity contribution in [1.82, 2.24) is 10.6 Å². The Kier molecular flexibility index (Phi) is 15.8. The number of hydrogen-bond acceptors (Lipinski definition) is 3. The fraction of sp³-hybridized carbons (Fsp3) is 0.619. The van der Waals surface area contributed by atoms with Crippen LogP contribution in [-0.4, -0.2) is 38.2 Å². The molecule has 0 saturated carbocycles. The van der Waals surface area contributed by atoms with E-state index in [1.807, 2.05) is 45.0 Å². The molecule has 0 aliphatic heterocycles. The van der Waals surface area contributed by atoms with E-state index in [1.54, 1.807) is 0 Å². The summed E-state index contributed by atoms with van der Waals surface area (Å²) in [6, 6.07) is 7.87. The third kappa shape index (κ3) is 11.5. The van der Waals surface area contributed by atoms with Gasteiger partial charge in [0.25, 0.3) is 0 Å². The van der Waals surface area contributed by atoms with Crippen LogP contribution < -0.4 is 16.0 Å². The third-order valence-corrected chi connectivity index (χ3v) is 4.23. The second kappa shape index (κ2) is 16.6. The molecule has 0 saturated heterocycles. The largest absolute Gasteiger partial charge is 0.382 e. The van der Waals surface area contributed by atoms with Gasteiger partial charge in [0.15, 0.2) is 5.96 Å². The van der Waals surface area contributed by atoms with E-state index in [9.17, 15) is 4.79 Å². The molecule has 28 heavy (non-hydrogen) atoms. The number of carbonyl (C=O) groups is 1. The van der Waals surface area contributed by atoms with Gasteiger partial charge in [-0.15, -0.1) is 24.0 Å². The van der Waals surface area contributed by atoms with Crippen LogP contribution in [0.25, 0.3) is 0 Å². The van der Waals surface area contributed by atoms with Crippen LogP contribution in [0.1, 0.15) is 52.5 Å². The zero-order chi connectivity index (χ0) is 19.9. The minimum absolute atomic E-state index is 0. The van der Waals surface area contributed by atoms with Crippen LogP contribution in [0.5, 0.6) is 0 Å². The molecule has 0 fully saturated rings. The maximum absolute atomic E-state index is 12.1. The van der Waals surface area contributed by atoms with E-state index in [0.29, 0.717) is 6.54 Å². The highest BCUT2D eigenvalue weighted by Gasteiger charge is 2.10. The Bertz CT molecular complexity index is 581. The zero-order valence-corrected chi connectivity index (χ0v) is 20.0. The van der Waals surface area contributed by atoms with Crippen molar-refractivity contribution in [2.45, 2.75) is 53.5 Å². The van der Waals surface area contributed by atoms with Crippen LogP contribution in [-0.2, 0) is 16.1 Å². The van der Waals surface area contributed by atoms with Gasteiger partial charge in [-0.3, -0.25) is 4.79 Å². The van der Waals surface area contributed by atoms with Crippen LogP contribution in [0.3, 0.4) is 0 Å². The molecule has 0 aliphatic rings. The quantitative estimate of drug-likeness (QED) is 0.173. The summed E-state index contributed by atoms with van der Waals surface area (Å²) in [4.78, 5) is 16.7. The molecule has 1 rings (SSSR count). The minimum Gasteiger partial charge on any atom is -0.382 e. The highest BCUT2D eigenvalue weighted by molar-refractivity contribution is 14.0. The predicted octanol–water partition coefficient (Wildman–Crippen LogP) is 4.16. The van der Waals surface area contributed by atoms with Gasteiger partial charge in [0.1, 0.15) is 0 Å². The van der Waals surface area contributed by atoms with Gasteiger partial charge < -0.3 is 20.7 Å². The molecule has 1 amide bonds. The van der Waals surface area contributed by atoms with E-state index in [2.05, 4.69) is 27.9 Å². The van der Waals surface area contributed by atoms with E-state index >= 15 is 0 Å². The molecule has 1 unspecified atom stereocenters. The first-order valence-corrected chi connectivity index (χ1v) is 10.1. The van der Waals surface area contributed by atoms with Gasteiger partial charge in [0.05, 0.1) is 6.54 Å². The third-order valence-electron chi connectivity index (χ3n) is 4.23. The maximum Gasteiger partial charge on any atom is 0.227 e. The van der Waals surface area contributed by atoms with Gasteiger partial charge in [0.2, 0.25) is 5.91 Å². The predicted molar refractivity (Wildman–Crippen MR) is 128 cm³/mol. The number of guanidine groups is 1. The van der Waals surface area contributed by atoms with Crippen molar-refractivity contribution in [3.63, 3.8) is 0 Å². The molecule has 6 nitrogen and oxygen atoms in total. The maximum atomic E-state index is 12.1. The lowest BCUT2D eigenvalue weighted by atomic mass is 10.1. The average Bonchev–Trinajstić information content (AvgIpc) is 2.68. The average molecular weight is 504 g/mol. The Hall–Kier alpha value is -1.35. The molecule has 0 bridgehead atoms. The number of carbonyl (C=O) groups excluding carboxylic acids is 1. The van der Waals surface area contributed by atoms with Gasteiger partial charge in [0, 0.05) is 37.9 Å². The molecule has 0 aromatic heterocycles. The van der Waals surface area contributed by atoms with Crippen molar-refractivity contribution in [2.24, 2.45) is 10.9 Å². The van der Waals surface area contributed by atoms with Gasteiger partial charge >= 0.3 is 0 Å². The number of rotatable bonds is 12. The first-order chi connectivity index (χ1) is 13.1. The second-order valence-electron chi connectivity index (χ2n) is 6.52. The van der Waals surface area contributed by atoms with Crippen molar-refractivity contribution < 1.29 is 9.53 Å². The van der Waals surface area contributed by atoms with Gasteiger partial charge in [-0.2, -0.15) is 0 Å². The Morgan fingerprint density at radius 3 is 2.64 bits per heavy atom. The van der Waals surface area contributed by atoms with E-state index in [0.717, 1.165) is 62.8 Å². The molecule has 160 valence electrons. The SMILES string of the molecule is CCNC(=NCc1cccc(NC(=O)C(C)CC)c1)NCCCCOCC.I. The van der Waals surface area contributed by atoms with Crippen LogP contribution in [0.4, 0.5) is 5.69 Å². The molecule has 7 heteroatoms. The lowest BCUT2D eigenvalue weighted by molar-refractivity contribution is -0.119. The number of amides is 1.